The van der Waals surface area contributed by atoms with Gasteiger partial charge in [0.15, 0.2) is 0 Å². The van der Waals surface area contributed by atoms with E-state index in [-0.39, 0.29) is 11.2 Å². The number of hydrogen-bond acceptors (Lipinski definition) is 3. The van der Waals surface area contributed by atoms with Crippen LogP contribution in [0.1, 0.15) is 0 Å². The van der Waals surface area contributed by atoms with Crippen LogP contribution in [0.3, 0.4) is 0 Å². The molecule has 0 unspecified atom stereocenters. The molecule has 0 saturated heterocycles. The van der Waals surface area contributed by atoms with Crippen LogP contribution in [0.5, 0.6) is 5.75 Å². The first kappa shape index (κ1) is 16.3. The highest BCUT2D eigenvalue weighted by atomic mass is 16.3. The maximum absolute atomic E-state index is 13.1. The largest absolute Gasteiger partial charge is 0.508 e. The third-order valence-corrected chi connectivity index (χ3v) is 4.96. The molecule has 0 aliphatic carbocycles. The summed E-state index contributed by atoms with van der Waals surface area (Å²) in [5.74, 6) is 0.0687. The molecule has 0 fully saturated rings. The Morgan fingerprint density at radius 1 is 0.607 bits per heavy atom. The Hall–Kier alpha value is -3.85. The topological polar surface area (TPSA) is 50.4 Å². The average Bonchev–Trinajstić information content (AvgIpc) is 2.74. The molecule has 1 N–H and O–H groups in total. The molecule has 134 valence electrons. The van der Waals surface area contributed by atoms with Gasteiger partial charge in [0.2, 0.25) is 5.43 Å². The van der Waals surface area contributed by atoms with E-state index in [4.69, 9.17) is 4.42 Å². The van der Waals surface area contributed by atoms with Crippen molar-refractivity contribution in [1.29, 1.82) is 0 Å². The van der Waals surface area contributed by atoms with E-state index in [1.54, 1.807) is 6.07 Å². The van der Waals surface area contributed by atoms with Crippen LogP contribution in [-0.2, 0) is 0 Å². The van der Waals surface area contributed by atoms with Gasteiger partial charge in [-0.05, 0) is 46.5 Å². The Balaban J connectivity index is 1.91. The molecule has 3 nitrogen and oxygen atoms in total. The third kappa shape index (κ3) is 2.65. The van der Waals surface area contributed by atoms with Gasteiger partial charge in [0.1, 0.15) is 16.9 Å². The zero-order valence-electron chi connectivity index (χ0n) is 14.9. The van der Waals surface area contributed by atoms with Crippen molar-refractivity contribution in [2.24, 2.45) is 0 Å². The summed E-state index contributed by atoms with van der Waals surface area (Å²) in [6, 6.07) is 28.5. The molecule has 5 aromatic rings. The lowest BCUT2D eigenvalue weighted by Crippen LogP contribution is -2.02. The molecule has 1 aromatic heterocycles. The van der Waals surface area contributed by atoms with Crippen molar-refractivity contribution in [3.8, 4) is 28.0 Å². The number of fused-ring (bicyclic) bond motifs is 2. The first-order chi connectivity index (χ1) is 13.7. The predicted molar refractivity (Wildman–Crippen MR) is 113 cm³/mol. The fourth-order valence-corrected chi connectivity index (χ4v) is 3.60. The minimum absolute atomic E-state index is 0.0687. The third-order valence-electron chi connectivity index (χ3n) is 4.96. The molecule has 0 amide bonds. The number of phenols is 1. The van der Waals surface area contributed by atoms with Crippen molar-refractivity contribution < 1.29 is 9.52 Å². The summed E-state index contributed by atoms with van der Waals surface area (Å²) in [5, 5.41) is 10.7. The average molecular weight is 364 g/mol. The molecule has 0 aliphatic heterocycles. The minimum Gasteiger partial charge on any atom is -0.508 e. The van der Waals surface area contributed by atoms with E-state index in [9.17, 15) is 9.90 Å². The van der Waals surface area contributed by atoms with Crippen LogP contribution in [0, 0.1) is 0 Å². The highest BCUT2D eigenvalue weighted by Gasteiger charge is 2.14. The molecule has 0 saturated carbocycles. The van der Waals surface area contributed by atoms with Crippen molar-refractivity contribution in [1.82, 2.24) is 0 Å². The standard InChI is InChI=1S/C25H16O3/c26-18-11-12-19-23(13-18)28-24-15-21(17-9-5-2-6-10-17)20(14-22(24)25(19)27)16-7-3-1-4-8-16/h1-15,26H. The molecule has 1 heterocycles. The fraction of sp³-hybridized carbons (Fsp3) is 0. The van der Waals surface area contributed by atoms with Gasteiger partial charge in [-0.25, -0.2) is 0 Å². The van der Waals surface area contributed by atoms with Gasteiger partial charge < -0.3 is 9.52 Å². The van der Waals surface area contributed by atoms with Crippen molar-refractivity contribution in [2.75, 3.05) is 0 Å². The van der Waals surface area contributed by atoms with E-state index in [1.165, 1.54) is 12.1 Å². The highest BCUT2D eigenvalue weighted by molar-refractivity contribution is 5.98. The Bertz CT molecular complexity index is 1370. The van der Waals surface area contributed by atoms with Crippen LogP contribution in [0.4, 0.5) is 0 Å². The number of hydrogen-bond donors (Lipinski definition) is 1. The van der Waals surface area contributed by atoms with Crippen LogP contribution in [0.25, 0.3) is 44.2 Å². The molecule has 5 rings (SSSR count). The number of benzene rings is 4. The van der Waals surface area contributed by atoms with Gasteiger partial charge in [-0.2, -0.15) is 0 Å². The lowest BCUT2D eigenvalue weighted by atomic mass is 9.93. The first-order valence-corrected chi connectivity index (χ1v) is 9.05. The molecule has 28 heavy (non-hydrogen) atoms. The first-order valence-electron chi connectivity index (χ1n) is 9.05. The zero-order valence-corrected chi connectivity index (χ0v) is 14.9. The van der Waals surface area contributed by atoms with Crippen molar-refractivity contribution in [3.05, 3.63) is 101 Å². The molecular weight excluding hydrogens is 348 g/mol. The summed E-state index contributed by atoms with van der Waals surface area (Å²) < 4.78 is 6.00. The van der Waals surface area contributed by atoms with Crippen molar-refractivity contribution in [2.45, 2.75) is 0 Å². The lowest BCUT2D eigenvalue weighted by Gasteiger charge is -2.12. The van der Waals surface area contributed by atoms with Gasteiger partial charge in [0.25, 0.3) is 0 Å². The fourth-order valence-electron chi connectivity index (χ4n) is 3.60. The van der Waals surface area contributed by atoms with Crippen LogP contribution >= 0.6 is 0 Å². The summed E-state index contributed by atoms with van der Waals surface area (Å²) in [6.45, 7) is 0. The van der Waals surface area contributed by atoms with Gasteiger partial charge in [-0.15, -0.1) is 0 Å². The quantitative estimate of drug-likeness (QED) is 0.392. The maximum Gasteiger partial charge on any atom is 0.200 e. The molecule has 0 spiro atoms. The normalized spacial score (nSPS) is 11.1. The minimum atomic E-state index is -0.104. The monoisotopic (exact) mass is 364 g/mol. The molecule has 0 aliphatic rings. The van der Waals surface area contributed by atoms with Gasteiger partial charge in [-0.1, -0.05) is 60.7 Å². The van der Waals surface area contributed by atoms with Crippen molar-refractivity contribution >= 4 is 21.9 Å². The van der Waals surface area contributed by atoms with Gasteiger partial charge in [0.05, 0.1) is 10.8 Å². The lowest BCUT2D eigenvalue weighted by molar-refractivity contribution is 0.474. The van der Waals surface area contributed by atoms with E-state index in [0.717, 1.165) is 22.3 Å². The summed E-state index contributed by atoms with van der Waals surface area (Å²) in [5.41, 5.74) is 4.82. The highest BCUT2D eigenvalue weighted by Crippen LogP contribution is 2.36. The molecule has 0 atom stereocenters. The second-order valence-corrected chi connectivity index (χ2v) is 6.74. The number of rotatable bonds is 2. The SMILES string of the molecule is O=c1c2ccc(O)cc2oc2cc(-c3ccccc3)c(-c3ccccc3)cc12. The Morgan fingerprint density at radius 2 is 1.18 bits per heavy atom. The van der Waals surface area contributed by atoms with E-state index < -0.39 is 0 Å². The molecule has 0 radical (unpaired) electrons. The summed E-state index contributed by atoms with van der Waals surface area (Å²) >= 11 is 0. The Kier molecular flexibility index (Phi) is 3.73. The second-order valence-electron chi connectivity index (χ2n) is 6.74. The summed E-state index contributed by atoms with van der Waals surface area (Å²) in [4.78, 5) is 13.1. The molecule has 0 bridgehead atoms. The van der Waals surface area contributed by atoms with Gasteiger partial charge >= 0.3 is 0 Å². The van der Waals surface area contributed by atoms with E-state index in [1.807, 2.05) is 72.8 Å². The Labute approximate surface area is 161 Å². The van der Waals surface area contributed by atoms with E-state index >= 15 is 0 Å². The maximum atomic E-state index is 13.1. The van der Waals surface area contributed by atoms with Crippen LogP contribution in [0.15, 0.2) is 100 Å². The van der Waals surface area contributed by atoms with Crippen LogP contribution < -0.4 is 5.43 Å². The molecular formula is C25H16O3. The van der Waals surface area contributed by atoms with E-state index in [2.05, 4.69) is 0 Å². The van der Waals surface area contributed by atoms with Crippen LogP contribution in [0.2, 0.25) is 0 Å². The summed E-state index contributed by atoms with van der Waals surface area (Å²) in [7, 11) is 0. The molecule has 4 aromatic carbocycles. The van der Waals surface area contributed by atoms with Gasteiger partial charge in [-0.3, -0.25) is 4.79 Å². The number of phenolic OH excluding ortho intramolecular Hbond substituents is 1. The summed E-state index contributed by atoms with van der Waals surface area (Å²) in [6.07, 6.45) is 0. The second kappa shape index (κ2) is 6.39. The van der Waals surface area contributed by atoms with Crippen molar-refractivity contribution in [3.63, 3.8) is 0 Å². The predicted octanol–water partition coefficient (Wildman–Crippen LogP) is 5.99. The zero-order chi connectivity index (χ0) is 19.1. The van der Waals surface area contributed by atoms with E-state index in [0.29, 0.717) is 21.9 Å². The smallest absolute Gasteiger partial charge is 0.200 e. The van der Waals surface area contributed by atoms with Gasteiger partial charge in [0, 0.05) is 6.07 Å². The van der Waals surface area contributed by atoms with Crippen LogP contribution in [-0.4, -0.2) is 5.11 Å². The molecule has 3 heteroatoms. The number of aromatic hydroxyl groups is 1. The Morgan fingerprint density at radius 3 is 1.82 bits per heavy atom.